The molecule has 1 N–H and O–H groups in total. The van der Waals surface area contributed by atoms with Gasteiger partial charge in [-0.25, -0.2) is 9.97 Å². The van der Waals surface area contributed by atoms with E-state index in [1.807, 2.05) is 31.2 Å². The van der Waals surface area contributed by atoms with Crippen LogP contribution in [0.2, 0.25) is 0 Å². The highest BCUT2D eigenvalue weighted by Crippen LogP contribution is 2.16. The fourth-order valence-corrected chi connectivity index (χ4v) is 2.14. The Morgan fingerprint density at radius 3 is 2.57 bits per heavy atom. The highest BCUT2D eigenvalue weighted by molar-refractivity contribution is 5.76. The molecule has 112 valence electrons. The highest BCUT2D eigenvalue weighted by Gasteiger charge is 2.04. The van der Waals surface area contributed by atoms with E-state index in [-0.39, 0.29) is 5.97 Å². The number of rotatable bonds is 7. The van der Waals surface area contributed by atoms with E-state index in [0.717, 1.165) is 48.4 Å². The molecule has 1 heterocycles. The third-order valence-corrected chi connectivity index (χ3v) is 3.32. The first kappa shape index (κ1) is 15.2. The monoisotopic (exact) mass is 287 g/mol. The Morgan fingerprint density at radius 1 is 1.14 bits per heavy atom. The van der Waals surface area contributed by atoms with Crippen LogP contribution in [0.25, 0.3) is 11.0 Å². The van der Waals surface area contributed by atoms with Gasteiger partial charge < -0.3 is 10.1 Å². The van der Waals surface area contributed by atoms with Gasteiger partial charge >= 0.3 is 5.97 Å². The van der Waals surface area contributed by atoms with Crippen LogP contribution in [0.5, 0.6) is 0 Å². The lowest BCUT2D eigenvalue weighted by atomic mass is 10.2. The minimum atomic E-state index is -0.140. The van der Waals surface area contributed by atoms with Crippen molar-refractivity contribution in [1.29, 1.82) is 0 Å². The molecule has 0 amide bonds. The van der Waals surface area contributed by atoms with Gasteiger partial charge in [0.05, 0.1) is 23.8 Å². The minimum absolute atomic E-state index is 0.140. The van der Waals surface area contributed by atoms with Gasteiger partial charge in [-0.05, 0) is 31.9 Å². The van der Waals surface area contributed by atoms with Crippen LogP contribution < -0.4 is 5.32 Å². The molecule has 0 atom stereocenters. The SMILES string of the molecule is COC(=O)CCCCCNc1nc2ccccc2nc1C. The van der Waals surface area contributed by atoms with Crippen LogP contribution in [0.15, 0.2) is 24.3 Å². The van der Waals surface area contributed by atoms with E-state index in [0.29, 0.717) is 6.42 Å². The number of ether oxygens (including phenoxy) is 1. The van der Waals surface area contributed by atoms with Gasteiger partial charge in [-0.2, -0.15) is 0 Å². The molecule has 5 nitrogen and oxygen atoms in total. The number of methoxy groups -OCH3 is 1. The lowest BCUT2D eigenvalue weighted by molar-refractivity contribution is -0.140. The van der Waals surface area contributed by atoms with Crippen molar-refractivity contribution in [3.05, 3.63) is 30.0 Å². The number of carbonyl (C=O) groups excluding carboxylic acids is 1. The van der Waals surface area contributed by atoms with E-state index in [4.69, 9.17) is 0 Å². The maximum atomic E-state index is 11.0. The molecule has 0 saturated carbocycles. The number of hydrogen-bond donors (Lipinski definition) is 1. The molecule has 21 heavy (non-hydrogen) atoms. The van der Waals surface area contributed by atoms with Gasteiger partial charge in [-0.3, -0.25) is 4.79 Å². The minimum Gasteiger partial charge on any atom is -0.469 e. The first-order chi connectivity index (χ1) is 10.2. The highest BCUT2D eigenvalue weighted by atomic mass is 16.5. The van der Waals surface area contributed by atoms with Crippen LogP contribution in [0.1, 0.15) is 31.4 Å². The standard InChI is InChI=1S/C16H21N3O2/c1-12-16(17-11-7-3-4-10-15(20)21-2)19-14-9-6-5-8-13(14)18-12/h5-6,8-9H,3-4,7,10-11H2,1-2H3,(H,17,19). The van der Waals surface area contributed by atoms with E-state index >= 15 is 0 Å². The average Bonchev–Trinajstić information content (AvgIpc) is 2.50. The average molecular weight is 287 g/mol. The second kappa shape index (κ2) is 7.57. The normalized spacial score (nSPS) is 10.6. The van der Waals surface area contributed by atoms with Crippen molar-refractivity contribution in [2.75, 3.05) is 19.0 Å². The molecule has 0 spiro atoms. The van der Waals surface area contributed by atoms with Crippen molar-refractivity contribution in [1.82, 2.24) is 9.97 Å². The Morgan fingerprint density at radius 2 is 1.86 bits per heavy atom. The maximum absolute atomic E-state index is 11.0. The number of esters is 1. The van der Waals surface area contributed by atoms with E-state index in [2.05, 4.69) is 20.0 Å². The number of nitrogens with one attached hydrogen (secondary N) is 1. The van der Waals surface area contributed by atoms with Crippen molar-refractivity contribution < 1.29 is 9.53 Å². The van der Waals surface area contributed by atoms with Crippen molar-refractivity contribution in [2.24, 2.45) is 0 Å². The number of hydrogen-bond acceptors (Lipinski definition) is 5. The number of aromatic nitrogens is 2. The Labute approximate surface area is 124 Å². The second-order valence-corrected chi connectivity index (χ2v) is 4.96. The van der Waals surface area contributed by atoms with E-state index in [9.17, 15) is 4.79 Å². The summed E-state index contributed by atoms with van der Waals surface area (Å²) in [5, 5.41) is 3.32. The molecular weight excluding hydrogens is 266 g/mol. The topological polar surface area (TPSA) is 64.1 Å². The molecule has 0 bridgehead atoms. The maximum Gasteiger partial charge on any atom is 0.305 e. The smallest absolute Gasteiger partial charge is 0.305 e. The van der Waals surface area contributed by atoms with Crippen LogP contribution in [-0.2, 0) is 9.53 Å². The second-order valence-electron chi connectivity index (χ2n) is 4.96. The van der Waals surface area contributed by atoms with Gasteiger partial charge in [-0.1, -0.05) is 18.6 Å². The Balaban J connectivity index is 1.81. The van der Waals surface area contributed by atoms with Crippen molar-refractivity contribution in [3.63, 3.8) is 0 Å². The van der Waals surface area contributed by atoms with Gasteiger partial charge in [0.15, 0.2) is 0 Å². The van der Waals surface area contributed by atoms with E-state index < -0.39 is 0 Å². The summed E-state index contributed by atoms with van der Waals surface area (Å²) in [7, 11) is 1.42. The predicted octanol–water partition coefficient (Wildman–Crippen LogP) is 3.08. The lowest BCUT2D eigenvalue weighted by Crippen LogP contribution is -2.07. The molecule has 0 saturated heterocycles. The zero-order chi connectivity index (χ0) is 15.1. The number of nitrogens with zero attached hydrogens (tertiary/aromatic N) is 2. The van der Waals surface area contributed by atoms with Crippen molar-refractivity contribution in [2.45, 2.75) is 32.6 Å². The lowest BCUT2D eigenvalue weighted by Gasteiger charge is -2.09. The summed E-state index contributed by atoms with van der Waals surface area (Å²) in [5.74, 6) is 0.695. The molecule has 2 rings (SSSR count). The summed E-state index contributed by atoms with van der Waals surface area (Å²) in [4.78, 5) is 20.1. The molecule has 5 heteroatoms. The first-order valence-electron chi connectivity index (χ1n) is 7.25. The summed E-state index contributed by atoms with van der Waals surface area (Å²) < 4.78 is 4.61. The van der Waals surface area contributed by atoms with E-state index in [1.165, 1.54) is 7.11 Å². The molecular formula is C16H21N3O2. The third-order valence-electron chi connectivity index (χ3n) is 3.32. The molecule has 0 aliphatic heterocycles. The van der Waals surface area contributed by atoms with E-state index in [1.54, 1.807) is 0 Å². The Bertz CT molecular complexity index is 613. The number of anilines is 1. The summed E-state index contributed by atoms with van der Waals surface area (Å²) in [6, 6.07) is 7.85. The number of unbranched alkanes of at least 4 members (excludes halogenated alkanes) is 2. The third kappa shape index (κ3) is 4.41. The van der Waals surface area contributed by atoms with Crippen LogP contribution in [0.4, 0.5) is 5.82 Å². The molecule has 1 aromatic heterocycles. The van der Waals surface area contributed by atoms with Crippen LogP contribution >= 0.6 is 0 Å². The summed E-state index contributed by atoms with van der Waals surface area (Å²) >= 11 is 0. The molecule has 0 aliphatic rings. The van der Waals surface area contributed by atoms with Crippen LogP contribution in [0.3, 0.4) is 0 Å². The van der Waals surface area contributed by atoms with Crippen LogP contribution in [0, 0.1) is 6.92 Å². The van der Waals surface area contributed by atoms with Gasteiger partial charge in [0.2, 0.25) is 0 Å². The summed E-state index contributed by atoms with van der Waals surface area (Å²) in [5.41, 5.74) is 2.72. The van der Waals surface area contributed by atoms with Crippen molar-refractivity contribution >= 4 is 22.8 Å². The van der Waals surface area contributed by atoms with Gasteiger partial charge in [0, 0.05) is 13.0 Å². The fraction of sp³-hybridized carbons (Fsp3) is 0.438. The molecule has 0 radical (unpaired) electrons. The zero-order valence-electron chi connectivity index (χ0n) is 12.6. The first-order valence-corrected chi connectivity index (χ1v) is 7.25. The van der Waals surface area contributed by atoms with Crippen molar-refractivity contribution in [3.8, 4) is 0 Å². The van der Waals surface area contributed by atoms with Gasteiger partial charge in [0.1, 0.15) is 5.82 Å². The number of carbonyl (C=O) groups is 1. The largest absolute Gasteiger partial charge is 0.469 e. The molecule has 0 unspecified atom stereocenters. The summed E-state index contributed by atoms with van der Waals surface area (Å²) in [6.45, 7) is 2.79. The molecule has 2 aromatic rings. The fourth-order valence-electron chi connectivity index (χ4n) is 2.14. The number of benzene rings is 1. The number of aryl methyl sites for hydroxylation is 1. The molecule has 1 aromatic carbocycles. The Hall–Kier alpha value is -2.17. The molecule has 0 aliphatic carbocycles. The number of fused-ring (bicyclic) bond motifs is 1. The van der Waals surface area contributed by atoms with Gasteiger partial charge in [-0.15, -0.1) is 0 Å². The van der Waals surface area contributed by atoms with Crippen LogP contribution in [-0.4, -0.2) is 29.6 Å². The number of para-hydroxylation sites is 2. The zero-order valence-corrected chi connectivity index (χ0v) is 12.6. The summed E-state index contributed by atoms with van der Waals surface area (Å²) in [6.07, 6.45) is 3.33. The molecule has 0 fully saturated rings. The Kier molecular flexibility index (Phi) is 5.49. The quantitative estimate of drug-likeness (QED) is 0.626. The van der Waals surface area contributed by atoms with Gasteiger partial charge in [0.25, 0.3) is 0 Å². The predicted molar refractivity (Wildman–Crippen MR) is 83.2 cm³/mol.